The lowest BCUT2D eigenvalue weighted by Gasteiger charge is -2.31. The summed E-state index contributed by atoms with van der Waals surface area (Å²) in [6.45, 7) is 0.708. The number of nitrogens with zero attached hydrogens (tertiary/aromatic N) is 3. The smallest absolute Gasteiger partial charge is 0.291 e. The molecule has 24 heavy (non-hydrogen) atoms. The average Bonchev–Trinajstić information content (AvgIpc) is 2.82. The van der Waals surface area contributed by atoms with Gasteiger partial charge in [0.25, 0.3) is 5.69 Å². The molecule has 0 saturated heterocycles. The molecule has 1 heterocycles. The first-order chi connectivity index (χ1) is 10.9. The van der Waals surface area contributed by atoms with Crippen LogP contribution in [0.3, 0.4) is 0 Å². The van der Waals surface area contributed by atoms with Gasteiger partial charge in [-0.1, -0.05) is 34.7 Å². The number of benzene rings is 1. The van der Waals surface area contributed by atoms with Gasteiger partial charge >= 0.3 is 12.1 Å². The van der Waals surface area contributed by atoms with Gasteiger partial charge in [-0.25, -0.2) is 0 Å². The molecule has 1 unspecified atom stereocenters. The molecule has 0 N–H and O–H groups in total. The highest BCUT2D eigenvalue weighted by molar-refractivity contribution is 14.1. The van der Waals surface area contributed by atoms with Crippen molar-refractivity contribution in [1.82, 2.24) is 5.01 Å². The molecule has 1 aromatic rings. The molecule has 0 aliphatic carbocycles. The number of nitro groups is 1. The van der Waals surface area contributed by atoms with Crippen LogP contribution in [0.25, 0.3) is 0 Å². The molecule has 0 saturated carbocycles. The van der Waals surface area contributed by atoms with Crippen molar-refractivity contribution < 1.29 is 26.9 Å². The summed E-state index contributed by atoms with van der Waals surface area (Å²) in [6, 6.07) is 4.24. The van der Waals surface area contributed by atoms with E-state index in [2.05, 4.69) is 5.10 Å². The Kier molecular flexibility index (Phi) is 4.76. The monoisotopic (exact) mass is 463 g/mol. The minimum absolute atomic E-state index is 0.108. The Morgan fingerprint density at radius 1 is 1.38 bits per heavy atom. The predicted molar refractivity (Wildman–Crippen MR) is 84.5 cm³/mol. The number of hydrogen-bond donors (Lipinski definition) is 0. The van der Waals surface area contributed by atoms with Gasteiger partial charge in [0.15, 0.2) is 3.42 Å². The quantitative estimate of drug-likeness (QED) is 0.223. The lowest BCUT2D eigenvalue weighted by atomic mass is 10.0. The summed E-state index contributed by atoms with van der Waals surface area (Å²) in [6.07, 6.45) is -5.12. The van der Waals surface area contributed by atoms with Crippen LogP contribution in [0.15, 0.2) is 23.3 Å². The van der Waals surface area contributed by atoms with Gasteiger partial charge in [-0.15, -0.1) is 0 Å². The summed E-state index contributed by atoms with van der Waals surface area (Å²) in [5, 5.41) is 15.6. The average molecular weight is 463 g/mol. The Balaban J connectivity index is 2.21. The van der Waals surface area contributed by atoms with E-state index in [1.54, 1.807) is 0 Å². The molecule has 1 aromatic carbocycles. The van der Waals surface area contributed by atoms with E-state index >= 15 is 0 Å². The van der Waals surface area contributed by atoms with Crippen molar-refractivity contribution in [1.29, 1.82) is 0 Å². The second kappa shape index (κ2) is 6.08. The van der Waals surface area contributed by atoms with Gasteiger partial charge in [0.2, 0.25) is 0 Å². The van der Waals surface area contributed by atoms with Crippen molar-refractivity contribution in [3.05, 3.63) is 39.4 Å². The number of hydrogen-bond acceptors (Lipinski definition) is 4. The van der Waals surface area contributed by atoms with Gasteiger partial charge < -0.3 is 0 Å². The summed E-state index contributed by atoms with van der Waals surface area (Å²) in [5.74, 6) is -4.95. The Hall–Kier alpha value is -1.53. The van der Waals surface area contributed by atoms with Crippen LogP contribution in [-0.2, 0) is 6.54 Å². The Morgan fingerprint density at radius 3 is 2.54 bits per heavy atom. The zero-order valence-corrected chi connectivity index (χ0v) is 14.3. The van der Waals surface area contributed by atoms with Crippen LogP contribution in [0.1, 0.15) is 11.1 Å². The van der Waals surface area contributed by atoms with E-state index in [1.165, 1.54) is 25.1 Å². The van der Waals surface area contributed by atoms with E-state index < -0.39 is 27.0 Å². The summed E-state index contributed by atoms with van der Waals surface area (Å²) in [4.78, 5) is 10.3. The Labute approximate surface area is 146 Å². The minimum Gasteiger partial charge on any atom is -0.291 e. The zero-order chi connectivity index (χ0) is 18.3. The predicted octanol–water partition coefficient (Wildman–Crippen LogP) is 4.08. The highest BCUT2D eigenvalue weighted by Crippen LogP contribution is 2.49. The third-order valence-corrected chi connectivity index (χ3v) is 4.98. The van der Waals surface area contributed by atoms with Gasteiger partial charge in [0.05, 0.1) is 18.0 Å². The molecule has 0 radical (unpaired) electrons. The fourth-order valence-corrected chi connectivity index (χ4v) is 3.09. The van der Waals surface area contributed by atoms with Gasteiger partial charge in [-0.2, -0.15) is 27.1 Å². The van der Waals surface area contributed by atoms with Crippen molar-refractivity contribution >= 4 is 34.5 Å². The lowest BCUT2D eigenvalue weighted by Crippen LogP contribution is -2.56. The SMILES string of the molecule is Cc1c(CN2CC(I)(C(F)(F)C(F)(F)F)C=N2)cccc1[N+](=O)[O-]. The number of hydrazone groups is 1. The van der Waals surface area contributed by atoms with Crippen LogP contribution in [0.5, 0.6) is 0 Å². The molecule has 1 aliphatic heterocycles. The molecule has 0 amide bonds. The summed E-state index contributed by atoms with van der Waals surface area (Å²) in [7, 11) is 0. The van der Waals surface area contributed by atoms with Gasteiger partial charge in [0.1, 0.15) is 0 Å². The van der Waals surface area contributed by atoms with Crippen LogP contribution in [0.4, 0.5) is 27.6 Å². The molecule has 1 atom stereocenters. The van der Waals surface area contributed by atoms with Crippen LogP contribution in [0.2, 0.25) is 0 Å². The molecule has 0 spiro atoms. The van der Waals surface area contributed by atoms with Crippen LogP contribution in [-0.4, -0.2) is 38.2 Å². The first-order valence-electron chi connectivity index (χ1n) is 6.55. The van der Waals surface area contributed by atoms with Crippen molar-refractivity contribution in [2.24, 2.45) is 5.10 Å². The Bertz CT molecular complexity index is 695. The standard InChI is InChI=1S/C13H11F5IN3O2/c1-8-9(3-2-4-10(8)22(23)24)5-21-7-11(19,6-20-21)12(14,15)13(16,17)18/h2-4,6H,5,7H2,1H3. The number of nitro benzene ring substituents is 1. The third kappa shape index (κ3) is 3.17. The molecular formula is C13H11F5IN3O2. The largest absolute Gasteiger partial charge is 0.455 e. The second-order valence-electron chi connectivity index (χ2n) is 5.32. The van der Waals surface area contributed by atoms with Crippen molar-refractivity contribution in [2.75, 3.05) is 6.54 Å². The number of halogens is 6. The van der Waals surface area contributed by atoms with Gasteiger partial charge in [0, 0.05) is 17.8 Å². The summed E-state index contributed by atoms with van der Waals surface area (Å²) in [5.41, 5.74) is 0.584. The maximum atomic E-state index is 13.6. The molecule has 11 heteroatoms. The highest BCUT2D eigenvalue weighted by Gasteiger charge is 2.70. The van der Waals surface area contributed by atoms with Crippen LogP contribution < -0.4 is 0 Å². The minimum atomic E-state index is -5.70. The molecule has 132 valence electrons. The second-order valence-corrected chi connectivity index (χ2v) is 7.25. The summed E-state index contributed by atoms with van der Waals surface area (Å²) < 4.78 is 62.5. The topological polar surface area (TPSA) is 58.7 Å². The van der Waals surface area contributed by atoms with Crippen LogP contribution in [0, 0.1) is 17.0 Å². The van der Waals surface area contributed by atoms with Crippen LogP contribution >= 0.6 is 22.6 Å². The van der Waals surface area contributed by atoms with E-state index in [0.717, 1.165) is 27.6 Å². The molecule has 0 aromatic heterocycles. The van der Waals surface area contributed by atoms with E-state index in [9.17, 15) is 32.1 Å². The van der Waals surface area contributed by atoms with Gasteiger partial charge in [-0.05, 0) is 12.5 Å². The van der Waals surface area contributed by atoms with E-state index in [0.29, 0.717) is 17.3 Å². The fourth-order valence-electron chi connectivity index (χ4n) is 2.27. The van der Waals surface area contributed by atoms with E-state index in [-0.39, 0.29) is 12.2 Å². The van der Waals surface area contributed by atoms with Gasteiger partial charge in [-0.3, -0.25) is 15.1 Å². The third-order valence-electron chi connectivity index (χ3n) is 3.68. The molecule has 0 fully saturated rings. The highest BCUT2D eigenvalue weighted by atomic mass is 127. The first kappa shape index (κ1) is 18.8. The molecule has 5 nitrogen and oxygen atoms in total. The number of rotatable bonds is 4. The molecule has 2 rings (SSSR count). The lowest BCUT2D eigenvalue weighted by molar-refractivity contribution is -0.385. The molecule has 0 bridgehead atoms. The number of alkyl halides is 6. The summed E-state index contributed by atoms with van der Waals surface area (Å²) >= 11 is 1.05. The van der Waals surface area contributed by atoms with Crippen molar-refractivity contribution in [3.63, 3.8) is 0 Å². The molecular weight excluding hydrogens is 452 g/mol. The van der Waals surface area contributed by atoms with E-state index in [4.69, 9.17) is 0 Å². The molecule has 1 aliphatic rings. The van der Waals surface area contributed by atoms with Crippen molar-refractivity contribution in [3.8, 4) is 0 Å². The fraction of sp³-hybridized carbons (Fsp3) is 0.462. The normalized spacial score (nSPS) is 21.4. The first-order valence-corrected chi connectivity index (χ1v) is 7.63. The maximum absolute atomic E-state index is 13.6. The zero-order valence-electron chi connectivity index (χ0n) is 12.1. The maximum Gasteiger partial charge on any atom is 0.455 e. The van der Waals surface area contributed by atoms with Crippen molar-refractivity contribution in [2.45, 2.75) is 29.0 Å². The Morgan fingerprint density at radius 2 is 2.00 bits per heavy atom. The van der Waals surface area contributed by atoms with E-state index in [1.807, 2.05) is 0 Å².